The smallest absolute Gasteiger partial charge is 0.441 e. The van der Waals surface area contributed by atoms with Crippen LogP contribution >= 0.6 is 12.6 Å². The highest BCUT2D eigenvalue weighted by molar-refractivity contribution is 7.80. The third kappa shape index (κ3) is 3.87. The summed E-state index contributed by atoms with van der Waals surface area (Å²) in [5, 5.41) is 0. The van der Waals surface area contributed by atoms with Crippen LogP contribution in [-0.2, 0) is 14.3 Å². The summed E-state index contributed by atoms with van der Waals surface area (Å²) in [4.78, 5) is 24.6. The summed E-state index contributed by atoms with van der Waals surface area (Å²) < 4.78 is 4.49. The third-order valence-electron chi connectivity index (χ3n) is 1.17. The molecule has 0 N–H and O–H groups in total. The zero-order valence-electron chi connectivity index (χ0n) is 7.19. The van der Waals surface area contributed by atoms with Crippen molar-refractivity contribution < 1.29 is 19.1 Å². The Balaban J connectivity index is 4.44. The Bertz CT molecular complexity index is 238. The molecule has 72 valence electrons. The van der Waals surface area contributed by atoms with Crippen molar-refractivity contribution in [2.45, 2.75) is 13.3 Å². The van der Waals surface area contributed by atoms with E-state index >= 15 is 0 Å². The van der Waals surface area contributed by atoms with Gasteiger partial charge in [-0.05, 0) is 12.7 Å². The van der Waals surface area contributed by atoms with Gasteiger partial charge in [-0.3, -0.25) is 4.79 Å². The number of hydrogen-bond acceptors (Lipinski definition) is 4. The summed E-state index contributed by atoms with van der Waals surface area (Å²) in [6.45, 7) is 1.72. The Morgan fingerprint density at radius 3 is 2.54 bits per heavy atom. The zero-order chi connectivity index (χ0) is 10.3. The van der Waals surface area contributed by atoms with Crippen LogP contribution in [0.25, 0.3) is 5.53 Å². The Hall–Kier alpha value is -1.13. The third-order valence-corrected chi connectivity index (χ3v) is 1.40. The van der Waals surface area contributed by atoms with E-state index in [1.165, 1.54) is 0 Å². The molecule has 0 spiro atoms. The van der Waals surface area contributed by atoms with Crippen LogP contribution in [0.1, 0.15) is 13.3 Å². The predicted molar refractivity (Wildman–Crippen MR) is 48.7 cm³/mol. The highest BCUT2D eigenvalue weighted by atomic mass is 32.1. The fraction of sp³-hybridized carbons (Fsp3) is 0.571. The van der Waals surface area contributed by atoms with Gasteiger partial charge < -0.3 is 10.3 Å². The minimum atomic E-state index is -0.906. The lowest BCUT2D eigenvalue weighted by molar-refractivity contribution is -0.141. The van der Waals surface area contributed by atoms with E-state index in [9.17, 15) is 9.59 Å². The summed E-state index contributed by atoms with van der Waals surface area (Å²) in [5.41, 5.74) is 7.79. The lowest BCUT2D eigenvalue weighted by Crippen LogP contribution is -2.27. The maximum absolute atomic E-state index is 11.1. The number of ketones is 1. The second-order valence-corrected chi connectivity index (χ2v) is 2.51. The molecule has 0 bridgehead atoms. The molecular weight excluding hydrogens is 192 g/mol. The van der Waals surface area contributed by atoms with Gasteiger partial charge in [0.1, 0.15) is 0 Å². The molecule has 13 heavy (non-hydrogen) atoms. The van der Waals surface area contributed by atoms with E-state index in [1.54, 1.807) is 6.92 Å². The summed E-state index contributed by atoms with van der Waals surface area (Å²) in [7, 11) is 0. The molecule has 0 fully saturated rings. The molecule has 0 aliphatic rings. The number of ether oxygens (including phenoxy) is 1. The van der Waals surface area contributed by atoms with Gasteiger partial charge in [0.05, 0.1) is 6.61 Å². The standard InChI is InChI=1S/C7H10N2O3S/c1-2-12-7(11)6(9-8)5(10)3-4-13/h13H,2-4H2,1H3. The number of thiol groups is 1. The number of rotatable bonds is 5. The van der Waals surface area contributed by atoms with Gasteiger partial charge in [-0.25, -0.2) is 4.79 Å². The van der Waals surface area contributed by atoms with Gasteiger partial charge in [-0.1, -0.05) is 0 Å². The summed E-state index contributed by atoms with van der Waals surface area (Å²) in [6, 6.07) is 0. The Kier molecular flexibility index (Phi) is 5.84. The van der Waals surface area contributed by atoms with E-state index in [0.29, 0.717) is 0 Å². The molecule has 0 aliphatic carbocycles. The maximum Gasteiger partial charge on any atom is 0.441 e. The molecule has 5 nitrogen and oxygen atoms in total. The quantitative estimate of drug-likeness (QED) is 0.171. The molecule has 0 saturated heterocycles. The average Bonchev–Trinajstić information content (AvgIpc) is 2.06. The minimum absolute atomic E-state index is 0.0430. The van der Waals surface area contributed by atoms with Crippen molar-refractivity contribution in [1.82, 2.24) is 0 Å². The van der Waals surface area contributed by atoms with Crippen molar-refractivity contribution in [3.8, 4) is 0 Å². The largest absolute Gasteiger partial charge is 0.457 e. The van der Waals surface area contributed by atoms with Crippen LogP contribution < -0.4 is 0 Å². The molecule has 0 aromatic rings. The van der Waals surface area contributed by atoms with Gasteiger partial charge in [0, 0.05) is 6.42 Å². The van der Waals surface area contributed by atoms with Gasteiger partial charge >= 0.3 is 11.7 Å². The molecule has 0 saturated carbocycles. The van der Waals surface area contributed by atoms with Crippen LogP contribution in [0.5, 0.6) is 0 Å². The highest BCUT2D eigenvalue weighted by Crippen LogP contribution is 1.91. The molecule has 0 unspecified atom stereocenters. The van der Waals surface area contributed by atoms with E-state index in [2.05, 4.69) is 22.2 Å². The summed E-state index contributed by atoms with van der Waals surface area (Å²) in [5.74, 6) is -1.19. The van der Waals surface area contributed by atoms with E-state index in [-0.39, 0.29) is 18.8 Å². The van der Waals surface area contributed by atoms with E-state index in [0.717, 1.165) is 0 Å². The first-order chi connectivity index (χ1) is 6.17. The number of carbonyl (C=O) groups excluding carboxylic acids is 2. The summed E-state index contributed by atoms with van der Waals surface area (Å²) in [6.07, 6.45) is 0.0430. The first kappa shape index (κ1) is 11.9. The molecule has 0 rings (SSSR count). The van der Waals surface area contributed by atoms with Crippen LogP contribution in [0.2, 0.25) is 0 Å². The second kappa shape index (κ2) is 6.39. The second-order valence-electron chi connectivity index (χ2n) is 2.07. The lowest BCUT2D eigenvalue weighted by Gasteiger charge is -1.95. The Morgan fingerprint density at radius 1 is 1.54 bits per heavy atom. The SMILES string of the molecule is CCOC(=O)C(=[N+]=[N-])C(=O)CCS. The first-order valence-electron chi connectivity index (χ1n) is 3.70. The zero-order valence-corrected chi connectivity index (χ0v) is 8.08. The van der Waals surface area contributed by atoms with Gasteiger partial charge in [0.25, 0.3) is 5.78 Å². The van der Waals surface area contributed by atoms with Crippen LogP contribution in [0, 0.1) is 0 Å². The first-order valence-corrected chi connectivity index (χ1v) is 4.33. The molecule has 6 heteroatoms. The fourth-order valence-corrected chi connectivity index (χ4v) is 0.833. The number of carbonyl (C=O) groups is 2. The molecule has 0 aromatic carbocycles. The Labute approximate surface area is 81.1 Å². The number of Topliss-reactive ketones (excluding diaryl/α,β-unsaturated/α-hetero) is 1. The van der Waals surface area contributed by atoms with Gasteiger partial charge in [0.15, 0.2) is 0 Å². The average molecular weight is 202 g/mol. The maximum atomic E-state index is 11.1. The molecular formula is C7H10N2O3S. The van der Waals surface area contributed by atoms with Gasteiger partial charge in [-0.2, -0.15) is 17.4 Å². The minimum Gasteiger partial charge on any atom is -0.457 e. The van der Waals surface area contributed by atoms with Crippen LogP contribution in [0.15, 0.2) is 0 Å². The van der Waals surface area contributed by atoms with Gasteiger partial charge in [-0.15, -0.1) is 0 Å². The van der Waals surface area contributed by atoms with Crippen molar-refractivity contribution in [2.24, 2.45) is 0 Å². The van der Waals surface area contributed by atoms with Crippen LogP contribution in [-0.4, -0.2) is 34.6 Å². The van der Waals surface area contributed by atoms with E-state index in [1.807, 2.05) is 0 Å². The van der Waals surface area contributed by atoms with Crippen molar-refractivity contribution >= 4 is 30.1 Å². The fourth-order valence-electron chi connectivity index (χ4n) is 0.630. The lowest BCUT2D eigenvalue weighted by atomic mass is 10.2. The van der Waals surface area contributed by atoms with E-state index < -0.39 is 17.5 Å². The molecule has 0 amide bonds. The predicted octanol–water partition coefficient (Wildman–Crippen LogP) is 0.109. The molecule has 0 aromatic heterocycles. The normalized spacial score (nSPS) is 8.77. The highest BCUT2D eigenvalue weighted by Gasteiger charge is 2.29. The summed E-state index contributed by atoms with van der Waals surface area (Å²) >= 11 is 3.80. The molecule has 0 aliphatic heterocycles. The molecule has 0 radical (unpaired) electrons. The topological polar surface area (TPSA) is 79.8 Å². The molecule has 0 heterocycles. The van der Waals surface area contributed by atoms with Crippen molar-refractivity contribution in [3.05, 3.63) is 5.53 Å². The Morgan fingerprint density at radius 2 is 2.15 bits per heavy atom. The van der Waals surface area contributed by atoms with Gasteiger partial charge in [0.2, 0.25) is 0 Å². The number of esters is 1. The van der Waals surface area contributed by atoms with Crippen LogP contribution in [0.4, 0.5) is 0 Å². The van der Waals surface area contributed by atoms with Crippen molar-refractivity contribution in [1.29, 1.82) is 0 Å². The number of hydrogen-bond donors (Lipinski definition) is 1. The van der Waals surface area contributed by atoms with Crippen molar-refractivity contribution in [3.63, 3.8) is 0 Å². The monoisotopic (exact) mass is 202 g/mol. The number of nitrogens with zero attached hydrogens (tertiary/aromatic N) is 2. The van der Waals surface area contributed by atoms with E-state index in [4.69, 9.17) is 5.53 Å². The van der Waals surface area contributed by atoms with Crippen molar-refractivity contribution in [2.75, 3.05) is 12.4 Å². The van der Waals surface area contributed by atoms with Crippen LogP contribution in [0.3, 0.4) is 0 Å². The molecule has 0 atom stereocenters.